The van der Waals surface area contributed by atoms with Crippen LogP contribution in [0.3, 0.4) is 0 Å². The molecule has 116 valence electrons. The summed E-state index contributed by atoms with van der Waals surface area (Å²) in [6, 6.07) is 4.50. The van der Waals surface area contributed by atoms with Gasteiger partial charge in [0.1, 0.15) is 11.6 Å². The Labute approximate surface area is 122 Å². The molecule has 2 aromatic rings. The van der Waals surface area contributed by atoms with Gasteiger partial charge in [-0.1, -0.05) is 6.07 Å². The van der Waals surface area contributed by atoms with Crippen molar-refractivity contribution in [3.05, 3.63) is 41.8 Å². The van der Waals surface area contributed by atoms with Gasteiger partial charge in [0.15, 0.2) is 6.29 Å². The van der Waals surface area contributed by atoms with Gasteiger partial charge in [0.25, 0.3) is 0 Å². The Kier molecular flexibility index (Phi) is 4.30. The molecule has 0 saturated carbocycles. The third kappa shape index (κ3) is 3.51. The summed E-state index contributed by atoms with van der Waals surface area (Å²) in [7, 11) is 1.33. The minimum atomic E-state index is -4.93. The van der Waals surface area contributed by atoms with E-state index in [0.717, 1.165) is 18.3 Å². The van der Waals surface area contributed by atoms with Gasteiger partial charge < -0.3 is 9.47 Å². The van der Waals surface area contributed by atoms with Gasteiger partial charge >= 0.3 is 6.36 Å². The van der Waals surface area contributed by atoms with E-state index in [2.05, 4.69) is 9.72 Å². The van der Waals surface area contributed by atoms with Gasteiger partial charge in [-0.05, 0) is 17.7 Å². The highest BCUT2D eigenvalue weighted by atomic mass is 19.4. The summed E-state index contributed by atoms with van der Waals surface area (Å²) in [5.74, 6) is -1.24. The van der Waals surface area contributed by atoms with E-state index in [1.165, 1.54) is 19.2 Å². The molecule has 1 aromatic carbocycles. The number of carbonyl (C=O) groups is 1. The van der Waals surface area contributed by atoms with E-state index in [0.29, 0.717) is 0 Å². The number of pyridine rings is 1. The van der Waals surface area contributed by atoms with Gasteiger partial charge in [-0.2, -0.15) is 0 Å². The zero-order valence-electron chi connectivity index (χ0n) is 11.1. The number of hydrogen-bond donors (Lipinski definition) is 0. The second kappa shape index (κ2) is 6.00. The molecular formula is C14H9F4NO3. The summed E-state index contributed by atoms with van der Waals surface area (Å²) in [4.78, 5) is 14.6. The lowest BCUT2D eigenvalue weighted by Gasteiger charge is -2.12. The number of benzene rings is 1. The first-order chi connectivity index (χ1) is 10.3. The number of halogens is 4. The Bertz CT molecular complexity index is 701. The van der Waals surface area contributed by atoms with Crippen LogP contribution in [0.2, 0.25) is 0 Å². The van der Waals surface area contributed by atoms with Crippen LogP contribution < -0.4 is 9.47 Å². The van der Waals surface area contributed by atoms with Gasteiger partial charge in [0, 0.05) is 11.6 Å². The monoisotopic (exact) mass is 315 g/mol. The summed E-state index contributed by atoms with van der Waals surface area (Å²) >= 11 is 0. The molecule has 0 amide bonds. The number of methoxy groups -OCH3 is 1. The zero-order chi connectivity index (χ0) is 16.3. The zero-order valence-corrected chi connectivity index (χ0v) is 11.1. The molecule has 0 spiro atoms. The fourth-order valence-electron chi connectivity index (χ4n) is 1.78. The third-order valence-electron chi connectivity index (χ3n) is 2.71. The predicted molar refractivity (Wildman–Crippen MR) is 68.3 cm³/mol. The number of ether oxygens (including phenoxy) is 2. The number of aldehydes is 1. The topological polar surface area (TPSA) is 48.4 Å². The Morgan fingerprint density at radius 1 is 1.23 bits per heavy atom. The molecule has 22 heavy (non-hydrogen) atoms. The first-order valence-corrected chi connectivity index (χ1v) is 5.89. The van der Waals surface area contributed by atoms with Crippen LogP contribution in [0.4, 0.5) is 17.6 Å². The molecule has 4 nitrogen and oxygen atoms in total. The van der Waals surface area contributed by atoms with Gasteiger partial charge in [-0.15, -0.1) is 13.2 Å². The van der Waals surface area contributed by atoms with Crippen LogP contribution in [0.25, 0.3) is 11.1 Å². The van der Waals surface area contributed by atoms with E-state index >= 15 is 0 Å². The van der Waals surface area contributed by atoms with E-state index in [1.54, 1.807) is 0 Å². The predicted octanol–water partition coefficient (Wildman–Crippen LogP) is 3.61. The highest BCUT2D eigenvalue weighted by Gasteiger charge is 2.32. The smallest absolute Gasteiger partial charge is 0.481 e. The van der Waals surface area contributed by atoms with Crippen LogP contribution in [-0.2, 0) is 0 Å². The van der Waals surface area contributed by atoms with Crippen molar-refractivity contribution in [2.45, 2.75) is 6.36 Å². The lowest BCUT2D eigenvalue weighted by molar-refractivity contribution is -0.274. The van der Waals surface area contributed by atoms with Crippen molar-refractivity contribution in [2.75, 3.05) is 7.11 Å². The first kappa shape index (κ1) is 15.7. The lowest BCUT2D eigenvalue weighted by atomic mass is 10.0. The van der Waals surface area contributed by atoms with E-state index in [1.807, 2.05) is 0 Å². The molecule has 2 rings (SSSR count). The Morgan fingerprint density at radius 3 is 2.55 bits per heavy atom. The van der Waals surface area contributed by atoms with Crippen molar-refractivity contribution < 1.29 is 31.8 Å². The summed E-state index contributed by atoms with van der Waals surface area (Å²) in [5, 5.41) is 0. The minimum Gasteiger partial charge on any atom is -0.481 e. The number of carbonyl (C=O) groups excluding carboxylic acids is 1. The van der Waals surface area contributed by atoms with E-state index in [-0.39, 0.29) is 28.9 Å². The maximum atomic E-state index is 13.8. The maximum absolute atomic E-state index is 13.8. The Morgan fingerprint density at radius 2 is 1.95 bits per heavy atom. The molecule has 0 unspecified atom stereocenters. The Balaban J connectivity index is 2.48. The molecule has 0 aliphatic rings. The van der Waals surface area contributed by atoms with Gasteiger partial charge in [-0.25, -0.2) is 9.37 Å². The van der Waals surface area contributed by atoms with Crippen LogP contribution in [0.15, 0.2) is 30.5 Å². The van der Waals surface area contributed by atoms with Crippen molar-refractivity contribution >= 4 is 6.29 Å². The van der Waals surface area contributed by atoms with E-state index in [4.69, 9.17) is 4.74 Å². The van der Waals surface area contributed by atoms with E-state index in [9.17, 15) is 22.4 Å². The first-order valence-electron chi connectivity index (χ1n) is 5.89. The molecule has 0 atom stereocenters. The standard InChI is InChI=1S/C14H9F4NO3/c1-21-13-5-10(11(15)6-19-13)8-2-3-12(9(4-8)7-20)22-14(16,17)18/h2-7H,1H3. The molecule has 0 fully saturated rings. The van der Waals surface area contributed by atoms with Crippen molar-refractivity contribution in [1.29, 1.82) is 0 Å². The molecule has 0 N–H and O–H groups in total. The fourth-order valence-corrected chi connectivity index (χ4v) is 1.78. The molecule has 0 saturated heterocycles. The van der Waals surface area contributed by atoms with E-state index < -0.39 is 17.9 Å². The van der Waals surface area contributed by atoms with Crippen LogP contribution >= 0.6 is 0 Å². The number of hydrogen-bond acceptors (Lipinski definition) is 4. The molecule has 8 heteroatoms. The third-order valence-corrected chi connectivity index (χ3v) is 2.71. The summed E-state index contributed by atoms with van der Waals surface area (Å²) < 4.78 is 59.0. The largest absolute Gasteiger partial charge is 0.573 e. The van der Waals surface area contributed by atoms with Gasteiger partial charge in [0.2, 0.25) is 5.88 Å². The highest BCUT2D eigenvalue weighted by Crippen LogP contribution is 2.31. The number of aromatic nitrogens is 1. The van der Waals surface area contributed by atoms with Crippen LogP contribution in [0.5, 0.6) is 11.6 Å². The fraction of sp³-hybridized carbons (Fsp3) is 0.143. The van der Waals surface area contributed by atoms with Crippen LogP contribution in [0, 0.1) is 5.82 Å². The average molecular weight is 315 g/mol. The molecule has 0 aliphatic carbocycles. The normalized spacial score (nSPS) is 11.1. The Hall–Kier alpha value is -2.64. The van der Waals surface area contributed by atoms with Crippen molar-refractivity contribution in [3.8, 4) is 22.8 Å². The molecule has 0 aliphatic heterocycles. The molecule has 0 bridgehead atoms. The maximum Gasteiger partial charge on any atom is 0.573 e. The molecule has 1 heterocycles. The van der Waals surface area contributed by atoms with Gasteiger partial charge in [0.05, 0.1) is 18.9 Å². The van der Waals surface area contributed by atoms with Crippen molar-refractivity contribution in [1.82, 2.24) is 4.98 Å². The van der Waals surface area contributed by atoms with Crippen molar-refractivity contribution in [2.24, 2.45) is 0 Å². The number of alkyl halides is 3. The average Bonchev–Trinajstić information content (AvgIpc) is 2.47. The molecule has 1 aromatic heterocycles. The van der Waals surface area contributed by atoms with Crippen LogP contribution in [0.1, 0.15) is 10.4 Å². The summed E-state index contributed by atoms with van der Waals surface area (Å²) in [6.07, 6.45) is -3.82. The summed E-state index contributed by atoms with van der Waals surface area (Å²) in [6.45, 7) is 0. The number of nitrogens with zero attached hydrogens (tertiary/aromatic N) is 1. The quantitative estimate of drug-likeness (QED) is 0.639. The van der Waals surface area contributed by atoms with Gasteiger partial charge in [-0.3, -0.25) is 4.79 Å². The second-order valence-corrected chi connectivity index (χ2v) is 4.12. The summed E-state index contributed by atoms with van der Waals surface area (Å²) in [5.41, 5.74) is -0.131. The minimum absolute atomic E-state index is 0.0357. The molecule has 0 radical (unpaired) electrons. The lowest BCUT2D eigenvalue weighted by Crippen LogP contribution is -2.18. The second-order valence-electron chi connectivity index (χ2n) is 4.12. The number of rotatable bonds is 4. The van der Waals surface area contributed by atoms with Crippen LogP contribution in [-0.4, -0.2) is 24.7 Å². The SMILES string of the molecule is COc1cc(-c2ccc(OC(F)(F)F)c(C=O)c2)c(F)cn1. The molecular weight excluding hydrogens is 306 g/mol. The van der Waals surface area contributed by atoms with Crippen molar-refractivity contribution in [3.63, 3.8) is 0 Å². The highest BCUT2D eigenvalue weighted by molar-refractivity contribution is 5.83.